The first kappa shape index (κ1) is 12.0. The molecule has 6 heteroatoms. The molecule has 5 nitrogen and oxygen atoms in total. The summed E-state index contributed by atoms with van der Waals surface area (Å²) >= 11 is 1.60. The van der Waals surface area contributed by atoms with E-state index >= 15 is 0 Å². The lowest BCUT2D eigenvalue weighted by Crippen LogP contribution is -2.16. The minimum absolute atomic E-state index is 0.810. The lowest BCUT2D eigenvalue weighted by atomic mass is 10.2. The summed E-state index contributed by atoms with van der Waals surface area (Å²) in [4.78, 5) is 0.854. The van der Waals surface area contributed by atoms with Crippen molar-refractivity contribution in [1.29, 1.82) is 0 Å². The molecule has 0 saturated heterocycles. The van der Waals surface area contributed by atoms with Crippen LogP contribution in [-0.2, 0) is 6.54 Å². The largest absolute Gasteiger partial charge is 0.310 e. The standard InChI is InChI=1S/C14H15N5S/c1-2-4-11(5-3-1)13-16-17-14-19(13)18-12(20-14)9-15-8-10-6-7-10/h1-5,10,15H,6-9H2. The molecule has 1 aromatic carbocycles. The highest BCUT2D eigenvalue weighted by molar-refractivity contribution is 7.16. The Morgan fingerprint density at radius 1 is 1.20 bits per heavy atom. The molecule has 1 fully saturated rings. The number of nitrogens with zero attached hydrogens (tertiary/aromatic N) is 4. The maximum absolute atomic E-state index is 4.61. The van der Waals surface area contributed by atoms with Gasteiger partial charge in [0.05, 0.1) is 0 Å². The van der Waals surface area contributed by atoms with Gasteiger partial charge in [0.2, 0.25) is 4.96 Å². The predicted molar refractivity (Wildman–Crippen MR) is 78.5 cm³/mol. The van der Waals surface area contributed by atoms with Crippen LogP contribution in [0.4, 0.5) is 0 Å². The van der Waals surface area contributed by atoms with Gasteiger partial charge in [0.15, 0.2) is 5.82 Å². The van der Waals surface area contributed by atoms with Crippen LogP contribution in [0.3, 0.4) is 0 Å². The maximum Gasteiger partial charge on any atom is 0.235 e. The molecule has 4 rings (SSSR count). The second-order valence-corrected chi connectivity index (χ2v) is 6.19. The number of hydrogen-bond acceptors (Lipinski definition) is 5. The van der Waals surface area contributed by atoms with Gasteiger partial charge in [-0.2, -0.15) is 9.61 Å². The molecular formula is C14H15N5S. The van der Waals surface area contributed by atoms with E-state index in [4.69, 9.17) is 0 Å². The van der Waals surface area contributed by atoms with Crippen molar-refractivity contribution in [3.63, 3.8) is 0 Å². The lowest BCUT2D eigenvalue weighted by Gasteiger charge is -1.99. The quantitative estimate of drug-likeness (QED) is 0.782. The molecule has 0 aliphatic heterocycles. The van der Waals surface area contributed by atoms with Gasteiger partial charge in [-0.05, 0) is 25.3 Å². The Balaban J connectivity index is 1.58. The number of benzene rings is 1. The molecule has 0 spiro atoms. The van der Waals surface area contributed by atoms with Gasteiger partial charge < -0.3 is 5.32 Å². The molecular weight excluding hydrogens is 270 g/mol. The molecule has 102 valence electrons. The van der Waals surface area contributed by atoms with Crippen LogP contribution in [0.2, 0.25) is 0 Å². The van der Waals surface area contributed by atoms with Crippen LogP contribution >= 0.6 is 11.3 Å². The number of hydrogen-bond donors (Lipinski definition) is 1. The maximum atomic E-state index is 4.61. The van der Waals surface area contributed by atoms with Crippen LogP contribution in [0.15, 0.2) is 30.3 Å². The molecule has 3 aromatic rings. The van der Waals surface area contributed by atoms with E-state index < -0.39 is 0 Å². The summed E-state index contributed by atoms with van der Waals surface area (Å²) in [6.07, 6.45) is 2.74. The van der Waals surface area contributed by atoms with Crippen molar-refractivity contribution in [2.24, 2.45) is 5.92 Å². The SMILES string of the molecule is c1ccc(-c2nnc3sc(CNCC4CC4)nn23)cc1. The number of rotatable bonds is 5. The van der Waals surface area contributed by atoms with Crippen molar-refractivity contribution in [3.8, 4) is 11.4 Å². The highest BCUT2D eigenvalue weighted by Crippen LogP contribution is 2.27. The number of aromatic nitrogens is 4. The number of nitrogens with one attached hydrogen (secondary N) is 1. The molecule has 20 heavy (non-hydrogen) atoms. The van der Waals surface area contributed by atoms with Crippen LogP contribution in [0.5, 0.6) is 0 Å². The third kappa shape index (κ3) is 2.32. The summed E-state index contributed by atoms with van der Waals surface area (Å²) in [5.41, 5.74) is 1.04. The van der Waals surface area contributed by atoms with Gasteiger partial charge in [-0.1, -0.05) is 41.7 Å². The Kier molecular flexibility index (Phi) is 2.97. The van der Waals surface area contributed by atoms with E-state index in [2.05, 4.69) is 20.6 Å². The normalized spacial score (nSPS) is 15.0. The van der Waals surface area contributed by atoms with Gasteiger partial charge in [-0.15, -0.1) is 10.2 Å². The van der Waals surface area contributed by atoms with E-state index in [0.29, 0.717) is 0 Å². The Bertz CT molecular complexity index is 714. The molecule has 0 bridgehead atoms. The highest BCUT2D eigenvalue weighted by Gasteiger charge is 2.20. The second kappa shape index (κ2) is 4.96. The predicted octanol–water partition coefficient (Wildman–Crippen LogP) is 2.35. The molecule has 2 heterocycles. The monoisotopic (exact) mass is 285 g/mol. The van der Waals surface area contributed by atoms with Gasteiger partial charge in [0.25, 0.3) is 0 Å². The molecule has 0 unspecified atom stereocenters. The first-order valence-corrected chi connectivity index (χ1v) is 7.69. The Morgan fingerprint density at radius 2 is 2.05 bits per heavy atom. The zero-order valence-corrected chi connectivity index (χ0v) is 11.8. The first-order chi connectivity index (χ1) is 9.90. The average Bonchev–Trinajstić information content (AvgIpc) is 3.08. The molecule has 1 N–H and O–H groups in total. The van der Waals surface area contributed by atoms with Crippen LogP contribution in [0, 0.1) is 5.92 Å². The van der Waals surface area contributed by atoms with Gasteiger partial charge >= 0.3 is 0 Å². The second-order valence-electron chi connectivity index (χ2n) is 5.15. The van der Waals surface area contributed by atoms with E-state index in [-0.39, 0.29) is 0 Å². The highest BCUT2D eigenvalue weighted by atomic mass is 32.1. The molecule has 1 saturated carbocycles. The third-order valence-electron chi connectivity index (χ3n) is 3.47. The smallest absolute Gasteiger partial charge is 0.235 e. The van der Waals surface area contributed by atoms with Crippen molar-refractivity contribution in [2.75, 3.05) is 6.54 Å². The summed E-state index contributed by atoms with van der Waals surface area (Å²) in [5, 5.41) is 17.6. The minimum atomic E-state index is 0.810. The minimum Gasteiger partial charge on any atom is -0.310 e. The van der Waals surface area contributed by atoms with Crippen molar-refractivity contribution in [3.05, 3.63) is 35.3 Å². The average molecular weight is 285 g/mol. The van der Waals surface area contributed by atoms with Gasteiger partial charge in [-0.25, -0.2) is 0 Å². The van der Waals surface area contributed by atoms with E-state index in [0.717, 1.165) is 40.4 Å². The molecule has 0 radical (unpaired) electrons. The Hall–Kier alpha value is -1.79. The Labute approximate surface area is 120 Å². The summed E-state index contributed by atoms with van der Waals surface area (Å²) < 4.78 is 1.84. The molecule has 0 atom stereocenters. The molecule has 1 aliphatic rings. The summed E-state index contributed by atoms with van der Waals surface area (Å²) in [6, 6.07) is 10.1. The van der Waals surface area contributed by atoms with E-state index in [1.165, 1.54) is 12.8 Å². The third-order valence-corrected chi connectivity index (χ3v) is 4.37. The van der Waals surface area contributed by atoms with Crippen molar-refractivity contribution < 1.29 is 0 Å². The van der Waals surface area contributed by atoms with Gasteiger partial charge in [0.1, 0.15) is 5.01 Å². The van der Waals surface area contributed by atoms with E-state index in [9.17, 15) is 0 Å². The topological polar surface area (TPSA) is 55.1 Å². The van der Waals surface area contributed by atoms with Gasteiger partial charge in [-0.3, -0.25) is 0 Å². The fourth-order valence-corrected chi connectivity index (χ4v) is 3.00. The van der Waals surface area contributed by atoms with Crippen LogP contribution < -0.4 is 5.32 Å². The van der Waals surface area contributed by atoms with Crippen LogP contribution in [0.1, 0.15) is 17.8 Å². The van der Waals surface area contributed by atoms with Crippen LogP contribution in [-0.4, -0.2) is 26.4 Å². The first-order valence-electron chi connectivity index (χ1n) is 6.87. The molecule has 0 amide bonds. The molecule has 1 aliphatic carbocycles. The van der Waals surface area contributed by atoms with Crippen molar-refractivity contribution in [1.82, 2.24) is 25.1 Å². The Morgan fingerprint density at radius 3 is 2.85 bits per heavy atom. The summed E-state index contributed by atoms with van der Waals surface area (Å²) in [5.74, 6) is 1.70. The summed E-state index contributed by atoms with van der Waals surface area (Å²) in [7, 11) is 0. The van der Waals surface area contributed by atoms with Gasteiger partial charge in [0, 0.05) is 12.1 Å². The fourth-order valence-electron chi connectivity index (χ4n) is 2.20. The summed E-state index contributed by atoms with van der Waals surface area (Å²) in [6.45, 7) is 1.92. The van der Waals surface area contributed by atoms with Crippen LogP contribution in [0.25, 0.3) is 16.3 Å². The van der Waals surface area contributed by atoms with Crippen molar-refractivity contribution in [2.45, 2.75) is 19.4 Å². The number of fused-ring (bicyclic) bond motifs is 1. The molecule has 2 aromatic heterocycles. The fraction of sp³-hybridized carbons (Fsp3) is 0.357. The van der Waals surface area contributed by atoms with Crippen molar-refractivity contribution >= 4 is 16.3 Å². The van der Waals surface area contributed by atoms with E-state index in [1.54, 1.807) is 11.3 Å². The van der Waals surface area contributed by atoms with E-state index in [1.807, 2.05) is 34.8 Å². The zero-order chi connectivity index (χ0) is 13.4. The zero-order valence-electron chi connectivity index (χ0n) is 11.0. The lowest BCUT2D eigenvalue weighted by molar-refractivity contribution is 0.631.